The number of imidazole rings is 1. The first-order chi connectivity index (χ1) is 15.0. The van der Waals surface area contributed by atoms with Gasteiger partial charge >= 0.3 is 12.4 Å². The van der Waals surface area contributed by atoms with Crippen LogP contribution in [0.15, 0.2) is 48.5 Å². The van der Waals surface area contributed by atoms with Gasteiger partial charge in [0.2, 0.25) is 11.7 Å². The molecule has 5 nitrogen and oxygen atoms in total. The third-order valence-corrected chi connectivity index (χ3v) is 5.37. The monoisotopic (exact) mass is 456 g/mol. The topological polar surface area (TPSA) is 41.4 Å². The zero-order chi connectivity index (χ0) is 23.1. The molecule has 0 saturated carbocycles. The summed E-state index contributed by atoms with van der Waals surface area (Å²) in [5, 5.41) is 0. The Morgan fingerprint density at radius 3 is 2.22 bits per heavy atom. The van der Waals surface area contributed by atoms with Crippen LogP contribution in [0.25, 0.3) is 11.0 Å². The number of carbonyl (C=O) groups is 1. The molecule has 32 heavy (non-hydrogen) atoms. The van der Waals surface area contributed by atoms with Gasteiger partial charge in [-0.1, -0.05) is 18.2 Å². The number of hydrogen-bond donors (Lipinski definition) is 0. The molecule has 1 aliphatic heterocycles. The first-order valence-electron chi connectivity index (χ1n) is 9.76. The van der Waals surface area contributed by atoms with Crippen LogP contribution < -0.4 is 4.90 Å². The third-order valence-electron chi connectivity index (χ3n) is 5.37. The Morgan fingerprint density at radius 2 is 1.56 bits per heavy atom. The molecule has 0 atom stereocenters. The average molecular weight is 456 g/mol. The second kappa shape index (κ2) is 8.03. The minimum absolute atomic E-state index is 0.141. The second-order valence-corrected chi connectivity index (χ2v) is 7.42. The van der Waals surface area contributed by atoms with E-state index in [1.54, 1.807) is 23.1 Å². The van der Waals surface area contributed by atoms with E-state index in [1.165, 1.54) is 23.1 Å². The number of nitrogens with zero attached hydrogens (tertiary/aromatic N) is 4. The lowest BCUT2D eigenvalue weighted by atomic mass is 10.1. The number of anilines is 1. The number of hydrogen-bond acceptors (Lipinski definition) is 3. The highest BCUT2D eigenvalue weighted by molar-refractivity contribution is 5.81. The molecule has 1 aliphatic rings. The van der Waals surface area contributed by atoms with E-state index in [-0.39, 0.29) is 37.2 Å². The summed E-state index contributed by atoms with van der Waals surface area (Å²) in [7, 11) is 0. The van der Waals surface area contributed by atoms with E-state index >= 15 is 0 Å². The zero-order valence-corrected chi connectivity index (χ0v) is 16.6. The van der Waals surface area contributed by atoms with E-state index in [4.69, 9.17) is 0 Å². The molecule has 4 rings (SSSR count). The first-order valence-corrected chi connectivity index (χ1v) is 9.76. The summed E-state index contributed by atoms with van der Waals surface area (Å²) in [4.78, 5) is 19.5. The quantitative estimate of drug-likeness (QED) is 0.548. The maximum Gasteiger partial charge on any atom is 0.449 e. The Bertz CT molecular complexity index is 1130. The predicted molar refractivity (Wildman–Crippen MR) is 105 cm³/mol. The number of amides is 1. The van der Waals surface area contributed by atoms with Crippen LogP contribution in [0.5, 0.6) is 0 Å². The van der Waals surface area contributed by atoms with E-state index < -0.39 is 36.2 Å². The van der Waals surface area contributed by atoms with Crippen LogP contribution in [-0.4, -0.2) is 46.5 Å². The first kappa shape index (κ1) is 22.0. The van der Waals surface area contributed by atoms with Gasteiger partial charge in [-0.3, -0.25) is 4.79 Å². The Balaban J connectivity index is 1.47. The highest BCUT2D eigenvalue weighted by atomic mass is 19.4. The van der Waals surface area contributed by atoms with Crippen LogP contribution in [0.1, 0.15) is 11.4 Å². The predicted octanol–water partition coefficient (Wildman–Crippen LogP) is 4.42. The molecular weight excluding hydrogens is 438 g/mol. The van der Waals surface area contributed by atoms with Gasteiger partial charge in [0, 0.05) is 31.9 Å². The number of piperazine rings is 1. The van der Waals surface area contributed by atoms with Gasteiger partial charge in [-0.05, 0) is 30.3 Å². The summed E-state index contributed by atoms with van der Waals surface area (Å²) in [6.45, 7) is 0.374. The molecule has 3 aromatic rings. The third kappa shape index (κ3) is 4.37. The molecule has 2 heterocycles. The van der Waals surface area contributed by atoms with Crippen molar-refractivity contribution in [3.05, 3.63) is 59.9 Å². The van der Waals surface area contributed by atoms with Crippen molar-refractivity contribution in [1.82, 2.24) is 14.5 Å². The van der Waals surface area contributed by atoms with Gasteiger partial charge < -0.3 is 14.4 Å². The van der Waals surface area contributed by atoms with Crippen molar-refractivity contribution >= 4 is 22.6 Å². The van der Waals surface area contributed by atoms with Gasteiger partial charge in [-0.2, -0.15) is 26.3 Å². The molecule has 0 aliphatic carbocycles. The van der Waals surface area contributed by atoms with E-state index in [1.807, 2.05) is 0 Å². The standard InChI is InChI=1S/C21H18F6N4O/c22-20(23,24)14-4-3-5-15(12-14)29-8-10-30(11-9-29)18(32)13-31-17-7-2-1-6-16(17)28-19(31)21(25,26)27/h1-7,12H,8-11,13H2. The van der Waals surface area contributed by atoms with Crippen molar-refractivity contribution in [3.8, 4) is 0 Å². The molecule has 0 radical (unpaired) electrons. The van der Waals surface area contributed by atoms with Gasteiger partial charge in [0.1, 0.15) is 6.54 Å². The van der Waals surface area contributed by atoms with Gasteiger partial charge in [-0.15, -0.1) is 0 Å². The van der Waals surface area contributed by atoms with Crippen molar-refractivity contribution in [2.75, 3.05) is 31.1 Å². The van der Waals surface area contributed by atoms with Crippen LogP contribution in [0.3, 0.4) is 0 Å². The summed E-state index contributed by atoms with van der Waals surface area (Å²) in [6, 6.07) is 10.9. The lowest BCUT2D eigenvalue weighted by Gasteiger charge is -2.36. The fraction of sp³-hybridized carbons (Fsp3) is 0.333. The highest BCUT2D eigenvalue weighted by Crippen LogP contribution is 2.33. The number of para-hydroxylation sites is 2. The smallest absolute Gasteiger partial charge is 0.368 e. The van der Waals surface area contributed by atoms with Gasteiger partial charge in [0.25, 0.3) is 0 Å². The SMILES string of the molecule is O=C(Cn1c(C(F)(F)F)nc2ccccc21)N1CCN(c2cccc(C(F)(F)F)c2)CC1. The maximum absolute atomic E-state index is 13.4. The number of halogens is 6. The molecule has 0 bridgehead atoms. The van der Waals surface area contributed by atoms with Crippen molar-refractivity contribution in [3.63, 3.8) is 0 Å². The summed E-state index contributed by atoms with van der Waals surface area (Å²) in [5.74, 6) is -1.66. The van der Waals surface area contributed by atoms with Crippen molar-refractivity contribution in [1.29, 1.82) is 0 Å². The van der Waals surface area contributed by atoms with Crippen LogP contribution in [0.4, 0.5) is 32.0 Å². The fourth-order valence-electron chi connectivity index (χ4n) is 3.78. The van der Waals surface area contributed by atoms with Gasteiger partial charge in [-0.25, -0.2) is 4.98 Å². The Hall–Kier alpha value is -3.24. The number of fused-ring (bicyclic) bond motifs is 1. The molecule has 0 N–H and O–H groups in total. The van der Waals surface area contributed by atoms with E-state index in [2.05, 4.69) is 4.98 Å². The van der Waals surface area contributed by atoms with Crippen LogP contribution in [0, 0.1) is 0 Å². The number of rotatable bonds is 3. The normalized spacial score (nSPS) is 15.4. The maximum atomic E-state index is 13.4. The number of alkyl halides is 6. The van der Waals surface area contributed by atoms with Gasteiger partial charge in [0.05, 0.1) is 16.6 Å². The average Bonchev–Trinajstić information content (AvgIpc) is 3.12. The fourth-order valence-corrected chi connectivity index (χ4v) is 3.78. The molecule has 0 spiro atoms. The Kier molecular flexibility index (Phi) is 5.51. The Morgan fingerprint density at radius 1 is 0.875 bits per heavy atom. The number of benzene rings is 2. The molecule has 1 amide bonds. The second-order valence-electron chi connectivity index (χ2n) is 7.42. The molecule has 170 valence electrons. The van der Waals surface area contributed by atoms with Crippen molar-refractivity contribution in [2.24, 2.45) is 0 Å². The van der Waals surface area contributed by atoms with E-state index in [0.717, 1.165) is 16.7 Å². The number of aromatic nitrogens is 2. The van der Waals surface area contributed by atoms with E-state index in [0.29, 0.717) is 5.69 Å². The van der Waals surface area contributed by atoms with Crippen molar-refractivity contribution < 1.29 is 31.1 Å². The molecule has 2 aromatic carbocycles. The minimum Gasteiger partial charge on any atom is -0.368 e. The molecule has 1 fully saturated rings. The van der Waals surface area contributed by atoms with E-state index in [9.17, 15) is 31.1 Å². The number of carbonyl (C=O) groups excluding carboxylic acids is 1. The summed E-state index contributed by atoms with van der Waals surface area (Å²) in [6.07, 6.45) is -9.18. The molecule has 11 heteroatoms. The highest BCUT2D eigenvalue weighted by Gasteiger charge is 2.38. The summed E-state index contributed by atoms with van der Waals surface area (Å²) < 4.78 is 80.0. The lowest BCUT2D eigenvalue weighted by Crippen LogP contribution is -2.49. The Labute approximate surface area is 178 Å². The molecular formula is C21H18F6N4O. The molecule has 0 unspecified atom stereocenters. The molecule has 1 saturated heterocycles. The summed E-state index contributed by atoms with van der Waals surface area (Å²) in [5.41, 5.74) is -0.0372. The van der Waals surface area contributed by atoms with Crippen molar-refractivity contribution in [2.45, 2.75) is 18.9 Å². The van der Waals surface area contributed by atoms with Gasteiger partial charge in [0.15, 0.2) is 0 Å². The largest absolute Gasteiger partial charge is 0.449 e. The van der Waals surface area contributed by atoms with Crippen LogP contribution in [0.2, 0.25) is 0 Å². The molecule has 1 aromatic heterocycles. The lowest BCUT2D eigenvalue weighted by molar-refractivity contribution is -0.148. The van der Waals surface area contributed by atoms with Crippen LogP contribution >= 0.6 is 0 Å². The summed E-state index contributed by atoms with van der Waals surface area (Å²) >= 11 is 0. The zero-order valence-electron chi connectivity index (χ0n) is 16.6. The minimum atomic E-state index is -4.72. The van der Waals surface area contributed by atoms with Crippen LogP contribution in [-0.2, 0) is 23.7 Å².